The van der Waals surface area contributed by atoms with Gasteiger partial charge in [-0.3, -0.25) is 19.7 Å². The van der Waals surface area contributed by atoms with Gasteiger partial charge in [-0.1, -0.05) is 30.3 Å². The number of nitro groups is 1. The zero-order valence-corrected chi connectivity index (χ0v) is 15.7. The Bertz CT molecular complexity index is 1090. The summed E-state index contributed by atoms with van der Waals surface area (Å²) in [5.74, 6) is -0.0547. The Kier molecular flexibility index (Phi) is 5.69. The van der Waals surface area contributed by atoms with Gasteiger partial charge in [-0.2, -0.15) is 0 Å². The Morgan fingerprint density at radius 2 is 1.48 bits per heavy atom. The number of nitrogens with zero attached hydrogens (tertiary/aromatic N) is 1. The lowest BCUT2D eigenvalue weighted by Crippen LogP contribution is -2.03. The molecule has 0 unspecified atom stereocenters. The Morgan fingerprint density at radius 1 is 0.828 bits per heavy atom. The van der Waals surface area contributed by atoms with Gasteiger partial charge in [0.05, 0.1) is 12.0 Å². The molecule has 0 radical (unpaired) electrons. The Hall–Kier alpha value is -4.00. The van der Waals surface area contributed by atoms with Crippen molar-refractivity contribution in [3.05, 3.63) is 93.5 Å². The average molecular weight is 391 g/mol. The third-order valence-corrected chi connectivity index (χ3v) is 4.24. The molecule has 0 heterocycles. The number of Topliss-reactive ketones (excluding diaryl/α,β-unsaturated/α-hetero) is 1. The number of carbonyl (C=O) groups excluding carboxylic acids is 2. The van der Waals surface area contributed by atoms with Crippen molar-refractivity contribution in [2.45, 2.75) is 6.92 Å². The lowest BCUT2D eigenvalue weighted by atomic mass is 10.0. The summed E-state index contributed by atoms with van der Waals surface area (Å²) in [6.07, 6.45) is 0. The van der Waals surface area contributed by atoms with Gasteiger partial charge in [-0.15, -0.1) is 0 Å². The fourth-order valence-corrected chi connectivity index (χ4v) is 2.73. The van der Waals surface area contributed by atoms with Crippen LogP contribution in [-0.4, -0.2) is 23.6 Å². The van der Waals surface area contributed by atoms with E-state index in [0.717, 1.165) is 0 Å². The molecule has 0 atom stereocenters. The van der Waals surface area contributed by atoms with Crippen LogP contribution in [0.15, 0.2) is 66.7 Å². The van der Waals surface area contributed by atoms with Gasteiger partial charge < -0.3 is 9.47 Å². The number of benzene rings is 3. The minimum absolute atomic E-state index is 0.0477. The maximum Gasteiger partial charge on any atom is 0.312 e. The van der Waals surface area contributed by atoms with Crippen molar-refractivity contribution in [1.82, 2.24) is 0 Å². The molecular formula is C22H17NO6. The largest absolute Gasteiger partial charge is 0.493 e. The van der Waals surface area contributed by atoms with Crippen molar-refractivity contribution in [3.63, 3.8) is 0 Å². The number of hydrogen-bond donors (Lipinski definition) is 0. The van der Waals surface area contributed by atoms with E-state index in [1.54, 1.807) is 36.4 Å². The van der Waals surface area contributed by atoms with Crippen molar-refractivity contribution in [3.8, 4) is 17.2 Å². The molecule has 0 aliphatic carbocycles. The van der Waals surface area contributed by atoms with Crippen LogP contribution in [0.2, 0.25) is 0 Å². The molecular weight excluding hydrogens is 374 g/mol. The smallest absolute Gasteiger partial charge is 0.312 e. The first-order chi connectivity index (χ1) is 13.9. The van der Waals surface area contributed by atoms with Gasteiger partial charge in [0.1, 0.15) is 0 Å². The van der Waals surface area contributed by atoms with Gasteiger partial charge in [0, 0.05) is 22.8 Å². The zero-order chi connectivity index (χ0) is 21.0. The minimum Gasteiger partial charge on any atom is -0.493 e. The van der Waals surface area contributed by atoms with Gasteiger partial charge in [0.25, 0.3) is 0 Å². The van der Waals surface area contributed by atoms with Crippen molar-refractivity contribution < 1.29 is 24.0 Å². The number of rotatable bonds is 7. The number of nitro benzene ring substituents is 1. The van der Waals surface area contributed by atoms with Crippen molar-refractivity contribution in [2.75, 3.05) is 7.11 Å². The third kappa shape index (κ3) is 4.30. The predicted octanol–water partition coefficient (Wildman–Crippen LogP) is 4.83. The number of hydrogen-bond acceptors (Lipinski definition) is 6. The number of ether oxygens (including phenoxy) is 2. The maximum atomic E-state index is 12.6. The average Bonchev–Trinajstić information content (AvgIpc) is 2.74. The maximum absolute atomic E-state index is 12.6. The van der Waals surface area contributed by atoms with E-state index < -0.39 is 4.92 Å². The molecule has 0 fully saturated rings. The summed E-state index contributed by atoms with van der Waals surface area (Å²) in [4.78, 5) is 35.0. The molecule has 0 aromatic heterocycles. The molecule has 0 bridgehead atoms. The molecule has 0 spiro atoms. The van der Waals surface area contributed by atoms with Crippen molar-refractivity contribution in [1.29, 1.82) is 0 Å². The van der Waals surface area contributed by atoms with Gasteiger partial charge >= 0.3 is 5.69 Å². The van der Waals surface area contributed by atoms with Gasteiger partial charge in [0.15, 0.2) is 23.1 Å². The first kappa shape index (κ1) is 19.8. The topological polar surface area (TPSA) is 95.7 Å². The Balaban J connectivity index is 1.97. The van der Waals surface area contributed by atoms with Crippen molar-refractivity contribution in [2.24, 2.45) is 0 Å². The van der Waals surface area contributed by atoms with E-state index in [1.807, 2.05) is 0 Å². The van der Waals surface area contributed by atoms with E-state index in [1.165, 1.54) is 44.4 Å². The van der Waals surface area contributed by atoms with E-state index >= 15 is 0 Å². The molecule has 7 nitrogen and oxygen atoms in total. The van der Waals surface area contributed by atoms with Gasteiger partial charge in [-0.25, -0.2) is 0 Å². The molecule has 0 saturated carbocycles. The third-order valence-electron chi connectivity index (χ3n) is 4.24. The molecule has 146 valence electrons. The molecule has 3 aromatic rings. The molecule has 3 aromatic carbocycles. The zero-order valence-electron chi connectivity index (χ0n) is 15.7. The van der Waals surface area contributed by atoms with Gasteiger partial charge in [0.2, 0.25) is 5.75 Å². The molecule has 0 amide bonds. The summed E-state index contributed by atoms with van der Waals surface area (Å²) < 4.78 is 10.9. The van der Waals surface area contributed by atoms with Crippen LogP contribution >= 0.6 is 0 Å². The molecule has 3 rings (SSSR count). The number of carbonyl (C=O) groups is 2. The SMILES string of the molecule is COc1cc(C(C)=O)ccc1Oc1ccc(C(=O)c2ccccc2)cc1[N+](=O)[O-]. The lowest BCUT2D eigenvalue weighted by Gasteiger charge is -2.12. The second-order valence-electron chi connectivity index (χ2n) is 6.16. The van der Waals surface area contributed by atoms with Crippen LogP contribution in [0.5, 0.6) is 17.2 Å². The first-order valence-corrected chi connectivity index (χ1v) is 8.65. The monoisotopic (exact) mass is 391 g/mol. The normalized spacial score (nSPS) is 10.3. The number of methoxy groups -OCH3 is 1. The second-order valence-corrected chi connectivity index (χ2v) is 6.16. The highest BCUT2D eigenvalue weighted by Crippen LogP contribution is 2.37. The molecule has 7 heteroatoms. The van der Waals surface area contributed by atoms with Crippen LogP contribution in [0.25, 0.3) is 0 Å². The number of ketones is 2. The predicted molar refractivity (Wildman–Crippen MR) is 106 cm³/mol. The summed E-state index contributed by atoms with van der Waals surface area (Å²) in [7, 11) is 1.40. The van der Waals surface area contributed by atoms with Crippen LogP contribution in [0.1, 0.15) is 33.2 Å². The molecule has 0 aliphatic heterocycles. The quantitative estimate of drug-likeness (QED) is 0.325. The standard InChI is InChI=1S/C22H17NO6/c1-14(24)16-8-11-20(21(13-16)28-2)29-19-10-9-17(12-18(19)23(26)27)22(25)15-6-4-3-5-7-15/h3-13H,1-2H3. The fourth-order valence-electron chi connectivity index (χ4n) is 2.73. The molecule has 29 heavy (non-hydrogen) atoms. The van der Waals surface area contributed by atoms with E-state index in [2.05, 4.69) is 0 Å². The van der Waals surface area contributed by atoms with Crippen LogP contribution < -0.4 is 9.47 Å². The Labute approximate surface area is 166 Å². The summed E-state index contributed by atoms with van der Waals surface area (Å²) in [5, 5.41) is 11.6. The minimum atomic E-state index is -0.618. The van der Waals surface area contributed by atoms with E-state index in [9.17, 15) is 19.7 Å². The summed E-state index contributed by atoms with van der Waals surface area (Å²) in [6.45, 7) is 1.42. The lowest BCUT2D eigenvalue weighted by molar-refractivity contribution is -0.385. The summed E-state index contributed by atoms with van der Waals surface area (Å²) in [5.41, 5.74) is 0.670. The highest BCUT2D eigenvalue weighted by atomic mass is 16.6. The van der Waals surface area contributed by atoms with Crippen LogP contribution in [0, 0.1) is 10.1 Å². The highest BCUT2D eigenvalue weighted by Gasteiger charge is 2.21. The molecule has 0 N–H and O–H groups in total. The van der Waals surface area contributed by atoms with Crippen LogP contribution in [0.3, 0.4) is 0 Å². The fraction of sp³-hybridized carbons (Fsp3) is 0.0909. The first-order valence-electron chi connectivity index (χ1n) is 8.65. The molecule has 0 aliphatic rings. The van der Waals surface area contributed by atoms with E-state index in [-0.39, 0.29) is 40.1 Å². The summed E-state index contributed by atoms with van der Waals surface area (Å²) >= 11 is 0. The van der Waals surface area contributed by atoms with E-state index in [4.69, 9.17) is 9.47 Å². The molecule has 0 saturated heterocycles. The van der Waals surface area contributed by atoms with Gasteiger partial charge in [-0.05, 0) is 37.3 Å². The Morgan fingerprint density at radius 3 is 2.10 bits per heavy atom. The summed E-state index contributed by atoms with van der Waals surface area (Å²) in [6, 6.07) is 17.0. The highest BCUT2D eigenvalue weighted by molar-refractivity contribution is 6.09. The van der Waals surface area contributed by atoms with Crippen molar-refractivity contribution >= 4 is 17.3 Å². The second kappa shape index (κ2) is 8.35. The van der Waals surface area contributed by atoms with Crippen LogP contribution in [0.4, 0.5) is 5.69 Å². The van der Waals surface area contributed by atoms with Crippen LogP contribution in [-0.2, 0) is 0 Å². The van der Waals surface area contributed by atoms with E-state index in [0.29, 0.717) is 11.1 Å².